The summed E-state index contributed by atoms with van der Waals surface area (Å²) in [6.07, 6.45) is 4.38. The molecular formula is C14H17BrFNO. The van der Waals surface area contributed by atoms with Crippen molar-refractivity contribution < 1.29 is 9.18 Å². The number of carbonyl (C=O) groups excluding carboxylic acids is 1. The van der Waals surface area contributed by atoms with Crippen molar-refractivity contribution >= 4 is 21.8 Å². The molecule has 1 atom stereocenters. The number of carbonyl (C=O) groups is 1. The second-order valence-corrected chi connectivity index (χ2v) is 5.68. The van der Waals surface area contributed by atoms with E-state index in [0.717, 1.165) is 25.8 Å². The Labute approximate surface area is 115 Å². The Morgan fingerprint density at radius 2 is 2.17 bits per heavy atom. The van der Waals surface area contributed by atoms with Crippen LogP contribution in [0.1, 0.15) is 43.0 Å². The van der Waals surface area contributed by atoms with Gasteiger partial charge in [-0.2, -0.15) is 0 Å². The summed E-state index contributed by atoms with van der Waals surface area (Å²) < 4.78 is 13.9. The largest absolute Gasteiger partial charge is 0.336 e. The summed E-state index contributed by atoms with van der Waals surface area (Å²) >= 11 is 3.32. The predicted molar refractivity (Wildman–Crippen MR) is 73.1 cm³/mol. The lowest BCUT2D eigenvalue weighted by atomic mass is 10.1. The minimum atomic E-state index is -0.371. The first-order chi connectivity index (χ1) is 8.59. The van der Waals surface area contributed by atoms with Crippen LogP contribution in [0, 0.1) is 5.82 Å². The summed E-state index contributed by atoms with van der Waals surface area (Å²) in [7, 11) is 0. The third-order valence-corrected chi connectivity index (χ3v) is 4.16. The van der Waals surface area contributed by atoms with Gasteiger partial charge in [0.25, 0.3) is 5.91 Å². The maximum atomic E-state index is 13.3. The van der Waals surface area contributed by atoms with Crippen LogP contribution >= 0.6 is 15.9 Å². The molecule has 1 aromatic carbocycles. The monoisotopic (exact) mass is 313 g/mol. The van der Waals surface area contributed by atoms with Crippen molar-refractivity contribution in [1.29, 1.82) is 0 Å². The third kappa shape index (κ3) is 2.91. The molecule has 0 saturated carbocycles. The van der Waals surface area contributed by atoms with Crippen LogP contribution in [-0.4, -0.2) is 23.4 Å². The van der Waals surface area contributed by atoms with Gasteiger partial charge in [-0.25, -0.2) is 4.39 Å². The van der Waals surface area contributed by atoms with E-state index in [0.29, 0.717) is 10.0 Å². The van der Waals surface area contributed by atoms with E-state index in [2.05, 4.69) is 22.9 Å². The quantitative estimate of drug-likeness (QED) is 0.767. The fourth-order valence-electron chi connectivity index (χ4n) is 2.39. The number of amides is 1. The van der Waals surface area contributed by atoms with Gasteiger partial charge in [-0.3, -0.25) is 4.79 Å². The van der Waals surface area contributed by atoms with Crippen molar-refractivity contribution in [3.8, 4) is 0 Å². The van der Waals surface area contributed by atoms with Gasteiger partial charge in [0.05, 0.1) is 5.56 Å². The van der Waals surface area contributed by atoms with E-state index in [1.807, 2.05) is 4.90 Å². The van der Waals surface area contributed by atoms with Crippen molar-refractivity contribution in [2.24, 2.45) is 0 Å². The molecule has 1 unspecified atom stereocenters. The highest BCUT2D eigenvalue weighted by atomic mass is 79.9. The SMILES string of the molecule is CC1CCCCCN1C(=O)c1cc(F)ccc1Br. The van der Waals surface area contributed by atoms with Crippen molar-refractivity contribution in [2.75, 3.05) is 6.54 Å². The summed E-state index contributed by atoms with van der Waals surface area (Å²) in [5.41, 5.74) is 0.420. The number of hydrogen-bond acceptors (Lipinski definition) is 1. The van der Waals surface area contributed by atoms with Crippen molar-refractivity contribution in [3.05, 3.63) is 34.1 Å². The van der Waals surface area contributed by atoms with Crippen LogP contribution in [-0.2, 0) is 0 Å². The molecule has 1 amide bonds. The van der Waals surface area contributed by atoms with Crippen molar-refractivity contribution in [1.82, 2.24) is 4.90 Å². The van der Waals surface area contributed by atoms with Crippen LogP contribution < -0.4 is 0 Å². The zero-order valence-electron chi connectivity index (χ0n) is 10.5. The Morgan fingerprint density at radius 3 is 2.94 bits per heavy atom. The molecule has 1 aliphatic heterocycles. The van der Waals surface area contributed by atoms with Crippen LogP contribution in [0.3, 0.4) is 0 Å². The normalized spacial score (nSPS) is 20.6. The average Bonchev–Trinajstić information content (AvgIpc) is 2.56. The molecule has 2 rings (SSSR count). The smallest absolute Gasteiger partial charge is 0.255 e. The maximum absolute atomic E-state index is 13.3. The summed E-state index contributed by atoms with van der Waals surface area (Å²) in [6, 6.07) is 4.48. The maximum Gasteiger partial charge on any atom is 0.255 e. The fraction of sp³-hybridized carbons (Fsp3) is 0.500. The Balaban J connectivity index is 2.26. The molecule has 2 nitrogen and oxygen atoms in total. The number of nitrogens with zero attached hydrogens (tertiary/aromatic N) is 1. The molecule has 1 heterocycles. The van der Waals surface area contributed by atoms with Crippen LogP contribution in [0.5, 0.6) is 0 Å². The van der Waals surface area contributed by atoms with E-state index in [-0.39, 0.29) is 17.8 Å². The molecule has 1 saturated heterocycles. The van der Waals surface area contributed by atoms with Crippen molar-refractivity contribution in [2.45, 2.75) is 38.6 Å². The van der Waals surface area contributed by atoms with Crippen LogP contribution in [0.25, 0.3) is 0 Å². The Kier molecular flexibility index (Phi) is 4.38. The fourth-order valence-corrected chi connectivity index (χ4v) is 2.81. The zero-order valence-corrected chi connectivity index (χ0v) is 12.0. The predicted octanol–water partition coefficient (Wildman–Crippen LogP) is 3.99. The summed E-state index contributed by atoms with van der Waals surface area (Å²) in [5.74, 6) is -0.445. The molecule has 0 bridgehead atoms. The van der Waals surface area contributed by atoms with E-state index in [4.69, 9.17) is 0 Å². The highest BCUT2D eigenvalue weighted by molar-refractivity contribution is 9.10. The van der Waals surface area contributed by atoms with Crippen LogP contribution in [0.15, 0.2) is 22.7 Å². The van der Waals surface area contributed by atoms with E-state index < -0.39 is 0 Å². The van der Waals surface area contributed by atoms with Gasteiger partial charge in [-0.15, -0.1) is 0 Å². The third-order valence-electron chi connectivity index (χ3n) is 3.47. The van der Waals surface area contributed by atoms with Gasteiger partial charge in [0.15, 0.2) is 0 Å². The summed E-state index contributed by atoms with van der Waals surface area (Å²) in [6.45, 7) is 2.83. The Morgan fingerprint density at radius 1 is 1.39 bits per heavy atom. The van der Waals surface area contributed by atoms with Crippen molar-refractivity contribution in [3.63, 3.8) is 0 Å². The summed E-state index contributed by atoms with van der Waals surface area (Å²) in [4.78, 5) is 14.3. The molecule has 0 aliphatic carbocycles. The molecule has 0 radical (unpaired) electrons. The highest BCUT2D eigenvalue weighted by Gasteiger charge is 2.24. The molecular weight excluding hydrogens is 297 g/mol. The molecule has 1 aromatic rings. The second kappa shape index (κ2) is 5.83. The zero-order chi connectivity index (χ0) is 13.1. The van der Waals surface area contributed by atoms with Gasteiger partial charge in [0.1, 0.15) is 5.82 Å². The van der Waals surface area contributed by atoms with E-state index in [1.54, 1.807) is 6.07 Å². The number of halogens is 2. The Hall–Kier alpha value is -0.900. The molecule has 1 fully saturated rings. The first-order valence-electron chi connectivity index (χ1n) is 6.35. The second-order valence-electron chi connectivity index (χ2n) is 4.82. The molecule has 18 heavy (non-hydrogen) atoms. The lowest BCUT2D eigenvalue weighted by Crippen LogP contribution is -2.38. The number of likely N-dealkylation sites (tertiary alicyclic amines) is 1. The molecule has 0 aromatic heterocycles. The average molecular weight is 314 g/mol. The van der Waals surface area contributed by atoms with Crippen LogP contribution in [0.4, 0.5) is 4.39 Å². The number of benzene rings is 1. The molecule has 4 heteroatoms. The summed E-state index contributed by atoms with van der Waals surface area (Å²) in [5, 5.41) is 0. The van der Waals surface area contributed by atoms with E-state index in [9.17, 15) is 9.18 Å². The first kappa shape index (κ1) is 13.5. The first-order valence-corrected chi connectivity index (χ1v) is 7.15. The van der Waals surface area contributed by atoms with E-state index in [1.165, 1.54) is 18.6 Å². The lowest BCUT2D eigenvalue weighted by molar-refractivity contribution is 0.0696. The topological polar surface area (TPSA) is 20.3 Å². The van der Waals surface area contributed by atoms with Gasteiger partial charge in [0, 0.05) is 17.1 Å². The minimum Gasteiger partial charge on any atom is -0.336 e. The molecule has 0 N–H and O–H groups in total. The highest BCUT2D eigenvalue weighted by Crippen LogP contribution is 2.23. The van der Waals surface area contributed by atoms with Crippen LogP contribution in [0.2, 0.25) is 0 Å². The number of hydrogen-bond donors (Lipinski definition) is 0. The molecule has 1 aliphatic rings. The van der Waals surface area contributed by atoms with Gasteiger partial charge >= 0.3 is 0 Å². The standard InChI is InChI=1S/C14H17BrFNO/c1-10-5-3-2-4-8-17(10)14(18)12-9-11(16)6-7-13(12)15/h6-7,9-10H,2-5,8H2,1H3. The van der Waals surface area contributed by atoms with Gasteiger partial charge in [-0.1, -0.05) is 12.8 Å². The van der Waals surface area contributed by atoms with Gasteiger partial charge in [0.2, 0.25) is 0 Å². The number of rotatable bonds is 1. The molecule has 98 valence electrons. The van der Waals surface area contributed by atoms with Gasteiger partial charge < -0.3 is 4.90 Å². The lowest BCUT2D eigenvalue weighted by Gasteiger charge is -2.27. The minimum absolute atomic E-state index is 0.0734. The van der Waals surface area contributed by atoms with Gasteiger partial charge in [-0.05, 0) is 53.9 Å². The molecule has 0 spiro atoms. The Bertz CT molecular complexity index is 449. The van der Waals surface area contributed by atoms with E-state index >= 15 is 0 Å².